The highest BCUT2D eigenvalue weighted by Crippen LogP contribution is 2.22. The quantitative estimate of drug-likeness (QED) is 0.799. The van der Waals surface area contributed by atoms with Crippen LogP contribution < -0.4 is 10.1 Å². The van der Waals surface area contributed by atoms with Gasteiger partial charge in [-0.15, -0.1) is 0 Å². The second kappa shape index (κ2) is 7.36. The molecular formula is C19H23NO4. The van der Waals surface area contributed by atoms with E-state index in [1.54, 1.807) is 39.2 Å². The van der Waals surface area contributed by atoms with Crippen LogP contribution in [0, 0.1) is 13.8 Å². The molecule has 1 unspecified atom stereocenters. The Bertz CT molecular complexity index is 744. The van der Waals surface area contributed by atoms with Crippen LogP contribution in [0.2, 0.25) is 0 Å². The predicted molar refractivity (Wildman–Crippen MR) is 92.8 cm³/mol. The first-order valence-electron chi connectivity index (χ1n) is 7.71. The number of nitrogens with one attached hydrogen (secondary N) is 1. The lowest BCUT2D eigenvalue weighted by molar-refractivity contribution is -0.117. The maximum absolute atomic E-state index is 12.0. The van der Waals surface area contributed by atoms with Crippen molar-refractivity contribution in [2.75, 3.05) is 13.7 Å². The Balaban J connectivity index is 1.99. The lowest BCUT2D eigenvalue weighted by Crippen LogP contribution is -2.37. The summed E-state index contributed by atoms with van der Waals surface area (Å²) in [5.41, 5.74) is 0.631. The molecule has 1 heterocycles. The van der Waals surface area contributed by atoms with Gasteiger partial charge in [0.2, 0.25) is 5.91 Å². The molecular weight excluding hydrogens is 306 g/mol. The number of methoxy groups -OCH3 is 1. The summed E-state index contributed by atoms with van der Waals surface area (Å²) in [5, 5.41) is 13.1. The van der Waals surface area contributed by atoms with Gasteiger partial charge in [-0.25, -0.2) is 0 Å². The van der Waals surface area contributed by atoms with E-state index in [0.29, 0.717) is 17.3 Å². The van der Waals surface area contributed by atoms with Crippen molar-refractivity contribution in [3.63, 3.8) is 0 Å². The molecule has 0 bridgehead atoms. The third kappa shape index (κ3) is 4.49. The van der Waals surface area contributed by atoms with E-state index in [-0.39, 0.29) is 12.5 Å². The maximum atomic E-state index is 12.0. The van der Waals surface area contributed by atoms with Gasteiger partial charge in [0.1, 0.15) is 22.9 Å². The molecule has 5 heteroatoms. The first-order valence-corrected chi connectivity index (χ1v) is 7.71. The lowest BCUT2D eigenvalue weighted by Gasteiger charge is -2.20. The largest absolute Gasteiger partial charge is 0.496 e. The van der Waals surface area contributed by atoms with Gasteiger partial charge in [0.15, 0.2) is 0 Å². The third-order valence-electron chi connectivity index (χ3n) is 3.68. The van der Waals surface area contributed by atoms with Gasteiger partial charge in [-0.3, -0.25) is 4.79 Å². The highest BCUT2D eigenvalue weighted by Gasteiger charge is 2.27. The summed E-state index contributed by atoms with van der Waals surface area (Å²) in [5.74, 6) is 1.53. The SMILES string of the molecule is COc1ccc(C)cc1C=CC(=O)NCC(C)(O)c1ccc(C)o1. The first-order chi connectivity index (χ1) is 11.3. The fraction of sp³-hybridized carbons (Fsp3) is 0.316. The van der Waals surface area contributed by atoms with Crippen molar-refractivity contribution in [1.82, 2.24) is 5.32 Å². The number of benzene rings is 1. The topological polar surface area (TPSA) is 71.7 Å². The van der Waals surface area contributed by atoms with E-state index in [2.05, 4.69) is 5.32 Å². The minimum atomic E-state index is -1.27. The van der Waals surface area contributed by atoms with Crippen molar-refractivity contribution in [3.05, 3.63) is 59.1 Å². The molecule has 2 N–H and O–H groups in total. The van der Waals surface area contributed by atoms with E-state index in [4.69, 9.17) is 9.15 Å². The average Bonchev–Trinajstić information content (AvgIpc) is 2.98. The highest BCUT2D eigenvalue weighted by molar-refractivity contribution is 5.92. The number of carbonyl (C=O) groups excluding carboxylic acids is 1. The minimum Gasteiger partial charge on any atom is -0.496 e. The number of amides is 1. The lowest BCUT2D eigenvalue weighted by atomic mass is 10.0. The van der Waals surface area contributed by atoms with Crippen LogP contribution in [0.15, 0.2) is 40.8 Å². The van der Waals surface area contributed by atoms with E-state index in [1.807, 2.05) is 25.1 Å². The molecule has 1 aromatic heterocycles. The number of furan rings is 1. The minimum absolute atomic E-state index is 0.0497. The zero-order chi connectivity index (χ0) is 17.7. The zero-order valence-electron chi connectivity index (χ0n) is 14.4. The van der Waals surface area contributed by atoms with Crippen LogP contribution in [0.25, 0.3) is 6.08 Å². The highest BCUT2D eigenvalue weighted by atomic mass is 16.5. The van der Waals surface area contributed by atoms with Gasteiger partial charge in [0.05, 0.1) is 13.7 Å². The Morgan fingerprint density at radius 2 is 2.08 bits per heavy atom. The molecule has 5 nitrogen and oxygen atoms in total. The maximum Gasteiger partial charge on any atom is 0.244 e. The van der Waals surface area contributed by atoms with E-state index < -0.39 is 5.60 Å². The monoisotopic (exact) mass is 329 g/mol. The van der Waals surface area contributed by atoms with Crippen molar-refractivity contribution < 1.29 is 19.1 Å². The van der Waals surface area contributed by atoms with Gasteiger partial charge >= 0.3 is 0 Å². The second-order valence-electron chi connectivity index (χ2n) is 5.98. The Hall–Kier alpha value is -2.53. The Kier molecular flexibility index (Phi) is 5.46. The number of ether oxygens (including phenoxy) is 1. The Labute approximate surface area is 141 Å². The second-order valence-corrected chi connectivity index (χ2v) is 5.98. The van der Waals surface area contributed by atoms with E-state index in [9.17, 15) is 9.90 Å². The molecule has 24 heavy (non-hydrogen) atoms. The molecule has 0 aliphatic carbocycles. The summed E-state index contributed by atoms with van der Waals surface area (Å²) in [6.07, 6.45) is 3.10. The van der Waals surface area contributed by atoms with Crippen LogP contribution in [0.1, 0.15) is 29.6 Å². The molecule has 1 atom stereocenters. The van der Waals surface area contributed by atoms with Crippen LogP contribution in [0.5, 0.6) is 5.75 Å². The molecule has 0 aliphatic rings. The zero-order valence-corrected chi connectivity index (χ0v) is 14.4. The summed E-state index contributed by atoms with van der Waals surface area (Å²) in [6.45, 7) is 5.42. The van der Waals surface area contributed by atoms with Crippen LogP contribution in [0.4, 0.5) is 0 Å². The summed E-state index contributed by atoms with van der Waals surface area (Å²) >= 11 is 0. The molecule has 2 aromatic rings. The molecule has 2 rings (SSSR count). The van der Waals surface area contributed by atoms with Crippen molar-refractivity contribution >= 4 is 12.0 Å². The van der Waals surface area contributed by atoms with Crippen molar-refractivity contribution in [1.29, 1.82) is 0 Å². The first kappa shape index (κ1) is 17.8. The van der Waals surface area contributed by atoms with Crippen LogP contribution >= 0.6 is 0 Å². The molecule has 128 valence electrons. The van der Waals surface area contributed by atoms with Crippen LogP contribution in [-0.4, -0.2) is 24.7 Å². The Morgan fingerprint density at radius 1 is 1.33 bits per heavy atom. The van der Waals surface area contributed by atoms with Gasteiger partial charge in [-0.1, -0.05) is 11.6 Å². The van der Waals surface area contributed by atoms with Crippen molar-refractivity contribution in [2.24, 2.45) is 0 Å². The average molecular weight is 329 g/mol. The normalized spacial score (nSPS) is 13.7. The number of hydrogen-bond acceptors (Lipinski definition) is 4. The smallest absolute Gasteiger partial charge is 0.244 e. The molecule has 0 spiro atoms. The molecule has 1 amide bonds. The standard InChI is InChI=1S/C19H23NO4/c1-13-5-8-16(23-4)15(11-13)7-10-18(21)20-12-19(3,22)17-9-6-14(2)24-17/h5-11,22H,12H2,1-4H3,(H,20,21). The van der Waals surface area contributed by atoms with Crippen molar-refractivity contribution in [2.45, 2.75) is 26.4 Å². The number of aliphatic hydroxyl groups is 1. The molecule has 0 fully saturated rings. The number of aryl methyl sites for hydroxylation is 2. The summed E-state index contributed by atoms with van der Waals surface area (Å²) < 4.78 is 10.7. The molecule has 0 saturated carbocycles. The predicted octanol–water partition coefficient (Wildman–Crippen LogP) is 2.94. The summed E-state index contributed by atoms with van der Waals surface area (Å²) in [7, 11) is 1.59. The van der Waals surface area contributed by atoms with E-state index in [1.165, 1.54) is 6.08 Å². The Morgan fingerprint density at radius 3 is 2.71 bits per heavy atom. The number of carbonyl (C=O) groups is 1. The third-order valence-corrected chi connectivity index (χ3v) is 3.68. The molecule has 0 radical (unpaired) electrons. The molecule has 0 saturated heterocycles. The number of rotatable bonds is 6. The van der Waals surface area contributed by atoms with Gasteiger partial charge in [0, 0.05) is 11.6 Å². The van der Waals surface area contributed by atoms with Crippen molar-refractivity contribution in [3.8, 4) is 5.75 Å². The van der Waals surface area contributed by atoms with Gasteiger partial charge in [-0.2, -0.15) is 0 Å². The van der Waals surface area contributed by atoms with Gasteiger partial charge < -0.3 is 19.6 Å². The fourth-order valence-corrected chi connectivity index (χ4v) is 2.28. The fourth-order valence-electron chi connectivity index (χ4n) is 2.28. The van der Waals surface area contributed by atoms with Crippen LogP contribution in [-0.2, 0) is 10.4 Å². The van der Waals surface area contributed by atoms with E-state index in [0.717, 1.165) is 11.1 Å². The molecule has 1 aromatic carbocycles. The van der Waals surface area contributed by atoms with Gasteiger partial charge in [0.25, 0.3) is 0 Å². The van der Waals surface area contributed by atoms with Gasteiger partial charge in [-0.05, 0) is 51.1 Å². The number of hydrogen-bond donors (Lipinski definition) is 2. The summed E-state index contributed by atoms with van der Waals surface area (Å²) in [4.78, 5) is 12.0. The summed E-state index contributed by atoms with van der Waals surface area (Å²) in [6, 6.07) is 9.21. The van der Waals surface area contributed by atoms with E-state index >= 15 is 0 Å². The molecule has 0 aliphatic heterocycles. The van der Waals surface area contributed by atoms with Crippen LogP contribution in [0.3, 0.4) is 0 Å².